The molecule has 1 atom stereocenters. The highest BCUT2D eigenvalue weighted by molar-refractivity contribution is 7.92. The van der Waals surface area contributed by atoms with Gasteiger partial charge in [0.1, 0.15) is 0 Å². The Labute approximate surface area is 125 Å². The number of nitrogens with zero attached hydrogens (tertiary/aromatic N) is 1. The Hall–Kier alpha value is -1.27. The molecule has 0 bridgehead atoms. The molecule has 0 heterocycles. The van der Waals surface area contributed by atoms with E-state index in [4.69, 9.17) is 11.6 Å². The van der Waals surface area contributed by atoms with Crippen LogP contribution in [0.2, 0.25) is 5.02 Å². The van der Waals surface area contributed by atoms with Crippen LogP contribution in [0, 0.1) is 0 Å². The lowest BCUT2D eigenvalue weighted by Gasteiger charge is -2.18. The molecule has 0 unspecified atom stereocenters. The molecule has 1 rings (SSSR count). The smallest absolute Gasteiger partial charge is 0.253 e. The van der Waals surface area contributed by atoms with Crippen molar-refractivity contribution >= 4 is 33.2 Å². The van der Waals surface area contributed by atoms with Crippen molar-refractivity contribution in [3.05, 3.63) is 28.8 Å². The fraction of sp³-hybridized carbons (Fsp3) is 0.462. The van der Waals surface area contributed by atoms with E-state index in [-0.39, 0.29) is 22.5 Å². The first kappa shape index (κ1) is 16.8. The highest BCUT2D eigenvalue weighted by atomic mass is 35.5. The fourth-order valence-corrected chi connectivity index (χ4v) is 2.18. The third-order valence-corrected chi connectivity index (χ3v) is 4.58. The lowest BCUT2D eigenvalue weighted by molar-refractivity contribution is 0.0939. The third kappa shape index (κ3) is 4.11. The monoisotopic (exact) mass is 318 g/mol. The van der Waals surface area contributed by atoms with E-state index in [0.717, 1.165) is 17.0 Å². The van der Waals surface area contributed by atoms with Crippen molar-refractivity contribution in [1.29, 1.82) is 0 Å². The van der Waals surface area contributed by atoms with Gasteiger partial charge in [-0.3, -0.25) is 9.10 Å². The Kier molecular flexibility index (Phi) is 5.42. The van der Waals surface area contributed by atoms with Crippen LogP contribution in [0.25, 0.3) is 0 Å². The van der Waals surface area contributed by atoms with Gasteiger partial charge in [-0.15, -0.1) is 0 Å². The largest absolute Gasteiger partial charge is 0.350 e. The molecule has 0 spiro atoms. The molecule has 1 N–H and O–H groups in total. The summed E-state index contributed by atoms with van der Waals surface area (Å²) in [4.78, 5) is 12.1. The lowest BCUT2D eigenvalue weighted by Crippen LogP contribution is -2.32. The maximum absolute atomic E-state index is 12.1. The third-order valence-electron chi connectivity index (χ3n) is 3.05. The van der Waals surface area contributed by atoms with Gasteiger partial charge in [0.25, 0.3) is 5.91 Å². The molecule has 1 amide bonds. The van der Waals surface area contributed by atoms with Gasteiger partial charge in [-0.2, -0.15) is 0 Å². The molecule has 0 aliphatic carbocycles. The van der Waals surface area contributed by atoms with Crippen molar-refractivity contribution in [3.63, 3.8) is 0 Å². The number of carbonyl (C=O) groups excluding carboxylic acids is 1. The summed E-state index contributed by atoms with van der Waals surface area (Å²) in [6.07, 6.45) is 1.90. The number of nitrogens with one attached hydrogen (secondary N) is 1. The van der Waals surface area contributed by atoms with Gasteiger partial charge in [0, 0.05) is 13.1 Å². The molecule has 0 saturated heterocycles. The second-order valence-electron chi connectivity index (χ2n) is 4.68. The summed E-state index contributed by atoms with van der Waals surface area (Å²) in [5, 5.41) is 3.09. The summed E-state index contributed by atoms with van der Waals surface area (Å²) < 4.78 is 24.1. The van der Waals surface area contributed by atoms with E-state index in [2.05, 4.69) is 5.32 Å². The Bertz CT molecular complexity index is 602. The number of benzene rings is 1. The topological polar surface area (TPSA) is 66.5 Å². The number of sulfonamides is 1. The average molecular weight is 319 g/mol. The Morgan fingerprint density at radius 1 is 1.45 bits per heavy atom. The standard InChI is InChI=1S/C13H19ClN2O3S/c1-5-9(2)15-13(17)11-8-10(6-7-12(11)14)16(3)20(4,18)19/h6-9H,5H2,1-4H3,(H,15,17)/t9-/m0/s1. The van der Waals surface area contributed by atoms with E-state index < -0.39 is 10.0 Å². The molecule has 0 fully saturated rings. The van der Waals surface area contributed by atoms with Gasteiger partial charge >= 0.3 is 0 Å². The Balaban J connectivity index is 3.13. The maximum atomic E-state index is 12.1. The Morgan fingerprint density at radius 3 is 2.55 bits per heavy atom. The zero-order chi connectivity index (χ0) is 15.5. The zero-order valence-corrected chi connectivity index (χ0v) is 13.5. The molecular weight excluding hydrogens is 300 g/mol. The first-order valence-electron chi connectivity index (χ1n) is 6.21. The van der Waals surface area contributed by atoms with E-state index in [9.17, 15) is 13.2 Å². The van der Waals surface area contributed by atoms with Gasteiger partial charge in [0.2, 0.25) is 10.0 Å². The van der Waals surface area contributed by atoms with Gasteiger partial charge in [0.15, 0.2) is 0 Å². The molecule has 1 aromatic rings. The molecule has 0 aromatic heterocycles. The first-order chi connectivity index (χ1) is 9.16. The molecule has 20 heavy (non-hydrogen) atoms. The highest BCUT2D eigenvalue weighted by Gasteiger charge is 2.17. The van der Waals surface area contributed by atoms with Crippen LogP contribution in [0.3, 0.4) is 0 Å². The van der Waals surface area contributed by atoms with Crippen molar-refractivity contribution in [2.24, 2.45) is 0 Å². The van der Waals surface area contributed by atoms with E-state index in [1.165, 1.54) is 19.2 Å². The molecule has 0 radical (unpaired) electrons. The van der Waals surface area contributed by atoms with Gasteiger partial charge in [-0.25, -0.2) is 8.42 Å². The predicted octanol–water partition coefficient (Wildman–Crippen LogP) is 2.26. The van der Waals surface area contributed by atoms with Gasteiger partial charge in [-0.05, 0) is 31.5 Å². The summed E-state index contributed by atoms with van der Waals surface area (Å²) in [6.45, 7) is 3.85. The molecule has 0 saturated carbocycles. The van der Waals surface area contributed by atoms with E-state index in [0.29, 0.717) is 5.69 Å². The number of anilines is 1. The number of hydrogen-bond acceptors (Lipinski definition) is 3. The van der Waals surface area contributed by atoms with Crippen LogP contribution < -0.4 is 9.62 Å². The minimum absolute atomic E-state index is 0.0230. The molecule has 0 aliphatic rings. The minimum Gasteiger partial charge on any atom is -0.350 e. The normalized spacial score (nSPS) is 12.8. The first-order valence-corrected chi connectivity index (χ1v) is 8.43. The number of carbonyl (C=O) groups is 1. The maximum Gasteiger partial charge on any atom is 0.253 e. The number of halogens is 1. The van der Waals surface area contributed by atoms with Crippen LogP contribution in [0.5, 0.6) is 0 Å². The van der Waals surface area contributed by atoms with Crippen LogP contribution in [0.15, 0.2) is 18.2 Å². The fourth-order valence-electron chi connectivity index (χ4n) is 1.48. The van der Waals surface area contributed by atoms with Crippen molar-refractivity contribution in [2.45, 2.75) is 26.3 Å². The summed E-state index contributed by atoms with van der Waals surface area (Å²) in [7, 11) is -1.95. The number of amides is 1. The van der Waals surface area contributed by atoms with Gasteiger partial charge in [0.05, 0.1) is 22.5 Å². The SMILES string of the molecule is CC[C@H](C)NC(=O)c1cc(N(C)S(C)(=O)=O)ccc1Cl. The van der Waals surface area contributed by atoms with Crippen LogP contribution in [-0.4, -0.2) is 33.7 Å². The lowest BCUT2D eigenvalue weighted by atomic mass is 10.1. The molecule has 5 nitrogen and oxygen atoms in total. The summed E-state index contributed by atoms with van der Waals surface area (Å²) >= 11 is 6.01. The van der Waals surface area contributed by atoms with Crippen LogP contribution >= 0.6 is 11.6 Å². The number of hydrogen-bond donors (Lipinski definition) is 1. The van der Waals surface area contributed by atoms with E-state index >= 15 is 0 Å². The average Bonchev–Trinajstić information content (AvgIpc) is 2.37. The zero-order valence-electron chi connectivity index (χ0n) is 12.0. The summed E-state index contributed by atoms with van der Waals surface area (Å²) in [6, 6.07) is 4.57. The van der Waals surface area contributed by atoms with Gasteiger partial charge < -0.3 is 5.32 Å². The quantitative estimate of drug-likeness (QED) is 0.905. The van der Waals surface area contributed by atoms with Crippen LogP contribution in [0.1, 0.15) is 30.6 Å². The van der Waals surface area contributed by atoms with Crippen molar-refractivity contribution in [2.75, 3.05) is 17.6 Å². The van der Waals surface area contributed by atoms with Crippen molar-refractivity contribution in [3.8, 4) is 0 Å². The van der Waals surface area contributed by atoms with Crippen molar-refractivity contribution in [1.82, 2.24) is 5.32 Å². The minimum atomic E-state index is -3.38. The highest BCUT2D eigenvalue weighted by Crippen LogP contribution is 2.24. The summed E-state index contributed by atoms with van der Waals surface area (Å²) in [5.41, 5.74) is 0.658. The second kappa shape index (κ2) is 6.45. The molecule has 7 heteroatoms. The van der Waals surface area contributed by atoms with E-state index in [1.54, 1.807) is 6.07 Å². The van der Waals surface area contributed by atoms with Crippen LogP contribution in [0.4, 0.5) is 5.69 Å². The molecule has 1 aromatic carbocycles. The van der Waals surface area contributed by atoms with Crippen LogP contribution in [-0.2, 0) is 10.0 Å². The predicted molar refractivity (Wildman–Crippen MR) is 81.9 cm³/mol. The van der Waals surface area contributed by atoms with Crippen molar-refractivity contribution < 1.29 is 13.2 Å². The number of rotatable bonds is 5. The van der Waals surface area contributed by atoms with E-state index in [1.807, 2.05) is 13.8 Å². The molecule has 112 valence electrons. The molecular formula is C13H19ClN2O3S. The van der Waals surface area contributed by atoms with Gasteiger partial charge in [-0.1, -0.05) is 18.5 Å². The second-order valence-corrected chi connectivity index (χ2v) is 7.10. The molecule has 0 aliphatic heterocycles. The summed E-state index contributed by atoms with van der Waals surface area (Å²) in [5.74, 6) is -0.312. The Morgan fingerprint density at radius 2 is 2.05 bits per heavy atom.